The molecule has 0 aliphatic carbocycles. The van der Waals surface area contributed by atoms with Gasteiger partial charge < -0.3 is 0 Å². The molecular weight excluding hydrogens is 274 g/mol. The van der Waals surface area contributed by atoms with Gasteiger partial charge >= 0.3 is 0 Å². The van der Waals surface area contributed by atoms with Crippen molar-refractivity contribution in [3.63, 3.8) is 0 Å². The van der Waals surface area contributed by atoms with E-state index >= 15 is 0 Å². The van der Waals surface area contributed by atoms with Gasteiger partial charge in [0.15, 0.2) is 10.6 Å². The lowest BCUT2D eigenvalue weighted by molar-refractivity contribution is 1.03. The fourth-order valence-electron chi connectivity index (χ4n) is 2.19. The predicted octanol–water partition coefficient (Wildman–Crippen LogP) is 4.28. The predicted molar refractivity (Wildman–Crippen MR) is 81.5 cm³/mol. The van der Waals surface area contributed by atoms with Gasteiger partial charge in [-0.25, -0.2) is 0 Å². The molecule has 96 valence electrons. The summed E-state index contributed by atoms with van der Waals surface area (Å²) >= 11 is 7.02. The maximum Gasteiger partial charge on any atom is 0.200 e. The number of hydrogen-bond donors (Lipinski definition) is 1. The van der Waals surface area contributed by atoms with E-state index in [9.17, 15) is 0 Å². The Morgan fingerprint density at radius 2 is 1.95 bits per heavy atom. The number of thiophene rings is 1. The lowest BCUT2D eigenvalue weighted by atomic mass is 10.1. The third-order valence-electron chi connectivity index (χ3n) is 2.88. The van der Waals surface area contributed by atoms with E-state index in [1.807, 2.05) is 16.0 Å². The monoisotopic (exact) mass is 287 g/mol. The normalized spacial score (nSPS) is 10.8. The van der Waals surface area contributed by atoms with E-state index in [4.69, 9.17) is 12.2 Å². The highest BCUT2D eigenvalue weighted by Crippen LogP contribution is 2.26. The topological polar surface area (TPSA) is 33.6 Å². The highest BCUT2D eigenvalue weighted by molar-refractivity contribution is 7.71. The molecule has 3 aromatic rings. The highest BCUT2D eigenvalue weighted by atomic mass is 32.1. The average molecular weight is 287 g/mol. The van der Waals surface area contributed by atoms with Crippen molar-refractivity contribution in [3.8, 4) is 16.4 Å². The number of aromatic nitrogens is 3. The number of aromatic amines is 1. The fourth-order valence-corrected chi connectivity index (χ4v) is 3.13. The summed E-state index contributed by atoms with van der Waals surface area (Å²) in [4.78, 5) is 1.10. The van der Waals surface area contributed by atoms with Gasteiger partial charge in [-0.2, -0.15) is 5.10 Å². The summed E-state index contributed by atoms with van der Waals surface area (Å²) < 4.78 is 2.61. The van der Waals surface area contributed by atoms with Crippen LogP contribution in [-0.4, -0.2) is 14.8 Å². The molecule has 0 aliphatic rings. The molecule has 0 atom stereocenters. The lowest BCUT2D eigenvalue weighted by Gasteiger charge is -2.08. The summed E-state index contributed by atoms with van der Waals surface area (Å²) in [5.41, 5.74) is 3.49. The molecule has 0 unspecified atom stereocenters. The van der Waals surface area contributed by atoms with Crippen LogP contribution in [0.2, 0.25) is 0 Å². The Kier molecular flexibility index (Phi) is 3.08. The number of nitrogens with zero attached hydrogens (tertiary/aromatic N) is 2. The van der Waals surface area contributed by atoms with Crippen molar-refractivity contribution >= 4 is 23.6 Å². The van der Waals surface area contributed by atoms with Crippen molar-refractivity contribution in [3.05, 3.63) is 51.6 Å². The molecule has 0 saturated carbocycles. The van der Waals surface area contributed by atoms with Crippen molar-refractivity contribution < 1.29 is 0 Å². The minimum Gasteiger partial charge on any atom is -0.267 e. The Morgan fingerprint density at radius 3 is 2.58 bits per heavy atom. The van der Waals surface area contributed by atoms with E-state index in [0.29, 0.717) is 4.77 Å². The Bertz CT molecular complexity index is 746. The van der Waals surface area contributed by atoms with E-state index in [1.165, 1.54) is 11.1 Å². The second-order valence-electron chi connectivity index (χ2n) is 4.51. The van der Waals surface area contributed by atoms with Crippen LogP contribution in [-0.2, 0) is 0 Å². The highest BCUT2D eigenvalue weighted by Gasteiger charge is 2.11. The summed E-state index contributed by atoms with van der Waals surface area (Å²) in [6, 6.07) is 10.5. The molecule has 0 amide bonds. The molecular formula is C14H13N3S2. The van der Waals surface area contributed by atoms with Crippen LogP contribution in [0, 0.1) is 18.6 Å². The third kappa shape index (κ3) is 2.27. The molecule has 0 saturated heterocycles. The van der Waals surface area contributed by atoms with Gasteiger partial charge in [-0.15, -0.1) is 11.3 Å². The van der Waals surface area contributed by atoms with Crippen LogP contribution >= 0.6 is 23.6 Å². The number of nitrogens with one attached hydrogen (secondary N) is 1. The maximum absolute atomic E-state index is 5.36. The van der Waals surface area contributed by atoms with Crippen LogP contribution in [0.3, 0.4) is 0 Å². The van der Waals surface area contributed by atoms with Crippen molar-refractivity contribution in [1.82, 2.24) is 14.8 Å². The van der Waals surface area contributed by atoms with Crippen LogP contribution in [0.5, 0.6) is 0 Å². The first-order chi connectivity index (χ1) is 9.15. The third-order valence-corrected chi connectivity index (χ3v) is 4.02. The second-order valence-corrected chi connectivity index (χ2v) is 5.85. The van der Waals surface area contributed by atoms with Crippen LogP contribution in [0.25, 0.3) is 16.4 Å². The molecule has 2 aromatic heterocycles. The molecule has 0 spiro atoms. The van der Waals surface area contributed by atoms with Crippen LogP contribution in [0.1, 0.15) is 11.1 Å². The lowest BCUT2D eigenvalue weighted by Crippen LogP contribution is -1.98. The van der Waals surface area contributed by atoms with Gasteiger partial charge in [-0.1, -0.05) is 12.1 Å². The molecule has 0 aliphatic heterocycles. The van der Waals surface area contributed by atoms with E-state index < -0.39 is 0 Å². The standard InChI is InChI=1S/C14H13N3S2/c1-9-6-10(2)8-11(7-9)17-13(15-16-14(17)18)12-4-3-5-19-12/h3-8H,1-2H3,(H,16,18). The average Bonchev–Trinajstić information content (AvgIpc) is 2.95. The van der Waals surface area contributed by atoms with E-state index in [1.54, 1.807) is 11.3 Å². The summed E-state index contributed by atoms with van der Waals surface area (Å²) in [5, 5.41) is 9.28. The summed E-state index contributed by atoms with van der Waals surface area (Å²) in [5.74, 6) is 0.866. The molecule has 0 bridgehead atoms. The maximum atomic E-state index is 5.36. The summed E-state index contributed by atoms with van der Waals surface area (Å²) in [7, 11) is 0. The Labute approximate surface area is 120 Å². The molecule has 5 heteroatoms. The zero-order chi connectivity index (χ0) is 13.4. The first-order valence-electron chi connectivity index (χ1n) is 5.95. The van der Waals surface area contributed by atoms with Crippen molar-refractivity contribution in [2.45, 2.75) is 13.8 Å². The van der Waals surface area contributed by atoms with Crippen molar-refractivity contribution in [2.75, 3.05) is 0 Å². The van der Waals surface area contributed by atoms with Crippen LogP contribution in [0.15, 0.2) is 35.7 Å². The number of rotatable bonds is 2. The molecule has 1 aromatic carbocycles. The van der Waals surface area contributed by atoms with Crippen LogP contribution in [0.4, 0.5) is 0 Å². The van der Waals surface area contributed by atoms with Gasteiger partial charge in [0.05, 0.1) is 10.6 Å². The number of H-pyrrole nitrogens is 1. The zero-order valence-electron chi connectivity index (χ0n) is 10.7. The van der Waals surface area contributed by atoms with Gasteiger partial charge in [0.2, 0.25) is 0 Å². The number of aryl methyl sites for hydroxylation is 2. The first kappa shape index (κ1) is 12.3. The molecule has 0 fully saturated rings. The second kappa shape index (κ2) is 4.75. The molecule has 3 nitrogen and oxygen atoms in total. The first-order valence-corrected chi connectivity index (χ1v) is 7.24. The smallest absolute Gasteiger partial charge is 0.200 e. The SMILES string of the molecule is Cc1cc(C)cc(-n2c(-c3cccs3)n[nH]c2=S)c1. The number of benzene rings is 1. The summed E-state index contributed by atoms with van der Waals surface area (Å²) in [6.07, 6.45) is 0. The molecule has 3 rings (SSSR count). The summed E-state index contributed by atoms with van der Waals surface area (Å²) in [6.45, 7) is 4.18. The minimum atomic E-state index is 0.619. The quantitative estimate of drug-likeness (QED) is 0.714. The Balaban J connectivity index is 2.25. The van der Waals surface area contributed by atoms with Crippen LogP contribution < -0.4 is 0 Å². The molecule has 0 radical (unpaired) electrons. The molecule has 2 heterocycles. The minimum absolute atomic E-state index is 0.619. The van der Waals surface area contributed by atoms with E-state index in [2.05, 4.69) is 48.3 Å². The molecule has 19 heavy (non-hydrogen) atoms. The van der Waals surface area contributed by atoms with Gasteiger partial charge in [0.25, 0.3) is 0 Å². The van der Waals surface area contributed by atoms with Gasteiger partial charge in [0.1, 0.15) is 0 Å². The van der Waals surface area contributed by atoms with Crippen molar-refractivity contribution in [2.24, 2.45) is 0 Å². The van der Waals surface area contributed by atoms with Gasteiger partial charge in [-0.3, -0.25) is 9.67 Å². The fraction of sp³-hybridized carbons (Fsp3) is 0.143. The largest absolute Gasteiger partial charge is 0.267 e. The van der Waals surface area contributed by atoms with Gasteiger partial charge in [0, 0.05) is 0 Å². The Morgan fingerprint density at radius 1 is 1.21 bits per heavy atom. The van der Waals surface area contributed by atoms with Crippen molar-refractivity contribution in [1.29, 1.82) is 0 Å². The number of hydrogen-bond acceptors (Lipinski definition) is 3. The zero-order valence-corrected chi connectivity index (χ0v) is 12.3. The van der Waals surface area contributed by atoms with Gasteiger partial charge in [-0.05, 0) is 60.8 Å². The molecule has 1 N–H and O–H groups in total. The van der Waals surface area contributed by atoms with E-state index in [0.717, 1.165) is 16.4 Å². The van der Waals surface area contributed by atoms with E-state index in [-0.39, 0.29) is 0 Å². The Hall–Kier alpha value is -1.72.